The van der Waals surface area contributed by atoms with Crippen LogP contribution in [0.1, 0.15) is 43.1 Å². The van der Waals surface area contributed by atoms with Crippen LogP contribution in [0.4, 0.5) is 11.4 Å². The Morgan fingerprint density at radius 2 is 1.64 bits per heavy atom. The van der Waals surface area contributed by atoms with Gasteiger partial charge < -0.3 is 20.2 Å². The molecule has 2 aromatic carbocycles. The van der Waals surface area contributed by atoms with Crippen molar-refractivity contribution in [2.45, 2.75) is 39.2 Å². The predicted molar refractivity (Wildman–Crippen MR) is 150 cm³/mol. The molecule has 2 atom stereocenters. The lowest BCUT2D eigenvalue weighted by atomic mass is 9.94. The first kappa shape index (κ1) is 26.5. The fourth-order valence-electron chi connectivity index (χ4n) is 5.65. The summed E-state index contributed by atoms with van der Waals surface area (Å²) in [6, 6.07) is 19.4. The zero-order valence-electron chi connectivity index (χ0n) is 22.3. The van der Waals surface area contributed by atoms with Crippen LogP contribution in [0.15, 0.2) is 60.7 Å². The van der Waals surface area contributed by atoms with Gasteiger partial charge in [0.1, 0.15) is 5.69 Å². The van der Waals surface area contributed by atoms with Crippen molar-refractivity contribution in [3.8, 4) is 11.3 Å². The van der Waals surface area contributed by atoms with E-state index in [1.807, 2.05) is 65.6 Å². The molecule has 9 heteroatoms. The minimum Gasteiger partial charge on any atom is -0.481 e. The molecule has 2 aliphatic rings. The predicted octanol–water partition coefficient (Wildman–Crippen LogP) is 4.36. The van der Waals surface area contributed by atoms with E-state index in [0.717, 1.165) is 29.8 Å². The van der Waals surface area contributed by atoms with E-state index in [-0.39, 0.29) is 11.8 Å². The number of aromatic nitrogens is 2. The quantitative estimate of drug-likeness (QED) is 0.449. The molecule has 1 aliphatic carbocycles. The number of amides is 2. The highest BCUT2D eigenvalue weighted by Crippen LogP contribution is 2.34. The van der Waals surface area contributed by atoms with Crippen LogP contribution < -0.4 is 10.2 Å². The lowest BCUT2D eigenvalue weighted by Crippen LogP contribution is -2.51. The molecule has 5 rings (SSSR count). The molecule has 0 radical (unpaired) electrons. The molecule has 1 saturated heterocycles. The maximum absolute atomic E-state index is 13.2. The molecule has 2 unspecified atom stereocenters. The number of nitrogens with one attached hydrogen (secondary N) is 1. The monoisotopic (exact) mass is 529 g/mol. The van der Waals surface area contributed by atoms with Crippen LogP contribution in [0, 0.1) is 11.8 Å². The Balaban J connectivity index is 1.19. The van der Waals surface area contributed by atoms with Crippen LogP contribution in [0.3, 0.4) is 0 Å². The van der Waals surface area contributed by atoms with Gasteiger partial charge in [0.15, 0.2) is 0 Å². The van der Waals surface area contributed by atoms with Crippen LogP contribution in [0.2, 0.25) is 0 Å². The van der Waals surface area contributed by atoms with Gasteiger partial charge in [0, 0.05) is 49.7 Å². The van der Waals surface area contributed by atoms with Gasteiger partial charge in [0.25, 0.3) is 5.91 Å². The Morgan fingerprint density at radius 1 is 0.949 bits per heavy atom. The summed E-state index contributed by atoms with van der Waals surface area (Å²) in [6.45, 7) is 5.22. The van der Waals surface area contributed by atoms with Crippen LogP contribution >= 0.6 is 0 Å². The van der Waals surface area contributed by atoms with Gasteiger partial charge in [-0.05, 0) is 49.6 Å². The van der Waals surface area contributed by atoms with E-state index in [1.165, 1.54) is 0 Å². The highest BCUT2D eigenvalue weighted by molar-refractivity contribution is 6.03. The normalized spacial score (nSPS) is 19.2. The van der Waals surface area contributed by atoms with Crippen molar-refractivity contribution in [1.29, 1.82) is 0 Å². The molecule has 3 aromatic rings. The maximum atomic E-state index is 13.2. The van der Waals surface area contributed by atoms with Gasteiger partial charge in [-0.3, -0.25) is 19.1 Å². The summed E-state index contributed by atoms with van der Waals surface area (Å²) >= 11 is 0. The average molecular weight is 530 g/mol. The third-order valence-electron chi connectivity index (χ3n) is 7.75. The number of anilines is 2. The number of aryl methyl sites for hydroxylation is 1. The largest absolute Gasteiger partial charge is 0.481 e. The van der Waals surface area contributed by atoms with Crippen molar-refractivity contribution >= 4 is 29.2 Å². The van der Waals surface area contributed by atoms with Gasteiger partial charge in [-0.25, -0.2) is 0 Å². The minimum atomic E-state index is -0.858. The van der Waals surface area contributed by atoms with E-state index in [4.69, 9.17) is 0 Å². The second-order valence-electron chi connectivity index (χ2n) is 10.3. The molecule has 1 aromatic heterocycles. The first-order chi connectivity index (χ1) is 18.9. The summed E-state index contributed by atoms with van der Waals surface area (Å²) < 4.78 is 1.76. The molecule has 2 heterocycles. The summed E-state index contributed by atoms with van der Waals surface area (Å²) in [7, 11) is 0. The Labute approximate surface area is 228 Å². The van der Waals surface area contributed by atoms with Crippen molar-refractivity contribution in [2.24, 2.45) is 11.8 Å². The summed E-state index contributed by atoms with van der Waals surface area (Å²) in [5.41, 5.74) is 3.98. The molecule has 204 valence electrons. The van der Waals surface area contributed by atoms with E-state index in [0.29, 0.717) is 56.9 Å². The number of carboxylic acid groups (broad SMARTS) is 1. The number of hydrogen-bond donors (Lipinski definition) is 2. The molecular formula is C30H35N5O4. The SMILES string of the molecule is CCCn1nc(-c2ccccc2)cc1C(=O)Nc1ccc(N2CCN(C(=O)C3CCCC3C(=O)O)CC2)cc1. The molecule has 2 N–H and O–H groups in total. The van der Waals surface area contributed by atoms with Gasteiger partial charge in [-0.15, -0.1) is 0 Å². The van der Waals surface area contributed by atoms with Crippen molar-refractivity contribution in [3.05, 3.63) is 66.4 Å². The summed E-state index contributed by atoms with van der Waals surface area (Å²) in [5.74, 6) is -2.03. The number of hydrogen-bond acceptors (Lipinski definition) is 5. The summed E-state index contributed by atoms with van der Waals surface area (Å²) in [6.07, 6.45) is 2.91. The topological polar surface area (TPSA) is 108 Å². The van der Waals surface area contributed by atoms with Gasteiger partial charge in [0.2, 0.25) is 5.91 Å². The third-order valence-corrected chi connectivity index (χ3v) is 7.75. The molecule has 9 nitrogen and oxygen atoms in total. The maximum Gasteiger partial charge on any atom is 0.307 e. The second kappa shape index (κ2) is 11.7. The van der Waals surface area contributed by atoms with Gasteiger partial charge in [0.05, 0.1) is 17.5 Å². The molecular weight excluding hydrogens is 494 g/mol. The van der Waals surface area contributed by atoms with Crippen LogP contribution in [0.25, 0.3) is 11.3 Å². The number of carbonyl (C=O) groups excluding carboxylic acids is 2. The van der Waals surface area contributed by atoms with Crippen molar-refractivity contribution < 1.29 is 19.5 Å². The number of carbonyl (C=O) groups is 3. The highest BCUT2D eigenvalue weighted by Gasteiger charge is 2.40. The zero-order chi connectivity index (χ0) is 27.4. The standard InChI is InChI=1S/C30H35N5O4/c1-2-15-35-27(20-26(32-35)21-7-4-3-5-8-21)28(36)31-22-11-13-23(14-12-22)33-16-18-34(19-17-33)29(37)24-9-6-10-25(24)30(38)39/h3-5,7-8,11-14,20,24-25H,2,6,9-10,15-19H2,1H3,(H,31,36)(H,38,39). The fraction of sp³-hybridized carbons (Fsp3) is 0.400. The molecule has 2 fully saturated rings. The molecule has 2 amide bonds. The van der Waals surface area contributed by atoms with Gasteiger partial charge in [-0.1, -0.05) is 43.7 Å². The summed E-state index contributed by atoms with van der Waals surface area (Å²) in [5, 5.41) is 17.1. The second-order valence-corrected chi connectivity index (χ2v) is 10.3. The van der Waals surface area contributed by atoms with Crippen molar-refractivity contribution in [1.82, 2.24) is 14.7 Å². The van der Waals surface area contributed by atoms with E-state index in [1.54, 1.807) is 4.68 Å². The third kappa shape index (κ3) is 5.82. The Morgan fingerprint density at radius 3 is 2.31 bits per heavy atom. The zero-order valence-corrected chi connectivity index (χ0v) is 22.3. The van der Waals surface area contributed by atoms with Gasteiger partial charge in [-0.2, -0.15) is 5.10 Å². The van der Waals surface area contributed by atoms with Crippen LogP contribution in [-0.4, -0.2) is 63.7 Å². The molecule has 1 aliphatic heterocycles. The lowest BCUT2D eigenvalue weighted by Gasteiger charge is -2.37. The van der Waals surface area contributed by atoms with Crippen molar-refractivity contribution in [3.63, 3.8) is 0 Å². The number of benzene rings is 2. The van der Waals surface area contributed by atoms with Gasteiger partial charge >= 0.3 is 5.97 Å². The van der Waals surface area contributed by atoms with Crippen LogP contribution in [-0.2, 0) is 16.1 Å². The number of piperazine rings is 1. The molecule has 1 saturated carbocycles. The fourth-order valence-corrected chi connectivity index (χ4v) is 5.65. The Bertz CT molecular complexity index is 1310. The minimum absolute atomic E-state index is 0.0182. The highest BCUT2D eigenvalue weighted by atomic mass is 16.4. The number of rotatable bonds is 8. The first-order valence-electron chi connectivity index (χ1n) is 13.8. The molecule has 0 spiro atoms. The van der Waals surface area contributed by atoms with E-state index < -0.39 is 17.8 Å². The van der Waals surface area contributed by atoms with Crippen molar-refractivity contribution in [2.75, 3.05) is 36.4 Å². The average Bonchev–Trinajstić information content (AvgIpc) is 3.62. The molecule has 39 heavy (non-hydrogen) atoms. The van der Waals surface area contributed by atoms with Crippen LogP contribution in [0.5, 0.6) is 0 Å². The van der Waals surface area contributed by atoms with E-state index in [9.17, 15) is 19.5 Å². The smallest absolute Gasteiger partial charge is 0.307 e. The summed E-state index contributed by atoms with van der Waals surface area (Å²) in [4.78, 5) is 41.7. The van der Waals surface area contributed by atoms with E-state index >= 15 is 0 Å². The number of carboxylic acids is 1. The molecule has 0 bridgehead atoms. The number of aliphatic carboxylic acids is 1. The lowest BCUT2D eigenvalue weighted by molar-refractivity contribution is -0.149. The van der Waals surface area contributed by atoms with E-state index in [2.05, 4.69) is 22.2 Å². The Hall–Kier alpha value is -4.14. The Kier molecular flexibility index (Phi) is 7.95. The first-order valence-corrected chi connectivity index (χ1v) is 13.8. The number of nitrogens with zero attached hydrogens (tertiary/aromatic N) is 4.